The number of ether oxygens (including phenoxy) is 1. The summed E-state index contributed by atoms with van der Waals surface area (Å²) in [5, 5.41) is 2.76. The van der Waals surface area contributed by atoms with Gasteiger partial charge in [0.25, 0.3) is 15.9 Å². The lowest BCUT2D eigenvalue weighted by Crippen LogP contribution is -2.37. The van der Waals surface area contributed by atoms with Crippen LogP contribution in [-0.4, -0.2) is 32.4 Å². The van der Waals surface area contributed by atoms with Crippen LogP contribution in [0, 0.1) is 6.92 Å². The van der Waals surface area contributed by atoms with E-state index in [1.165, 1.54) is 31.2 Å². The van der Waals surface area contributed by atoms with Crippen LogP contribution in [0.2, 0.25) is 0 Å². The van der Waals surface area contributed by atoms with Crippen LogP contribution < -0.4 is 10.0 Å². The highest BCUT2D eigenvalue weighted by Gasteiger charge is 2.27. The minimum atomic E-state index is -3.78. The van der Waals surface area contributed by atoms with E-state index >= 15 is 0 Å². The van der Waals surface area contributed by atoms with Gasteiger partial charge in [0, 0.05) is 11.7 Å². The van der Waals surface area contributed by atoms with E-state index < -0.39 is 22.1 Å². The van der Waals surface area contributed by atoms with Gasteiger partial charge in [0.15, 0.2) is 6.10 Å². The van der Waals surface area contributed by atoms with Crippen LogP contribution in [0.3, 0.4) is 0 Å². The van der Waals surface area contributed by atoms with E-state index in [2.05, 4.69) is 10.0 Å². The van der Waals surface area contributed by atoms with E-state index in [9.17, 15) is 18.0 Å². The highest BCUT2D eigenvalue weighted by Crippen LogP contribution is 2.20. The molecule has 1 aliphatic rings. The van der Waals surface area contributed by atoms with Gasteiger partial charge in [-0.3, -0.25) is 9.52 Å². The number of hydrogen-bond acceptors (Lipinski definition) is 5. The maximum atomic E-state index is 12.5. The molecule has 0 heterocycles. The minimum Gasteiger partial charge on any atom is -0.449 e. The Labute approximate surface area is 164 Å². The van der Waals surface area contributed by atoms with Crippen molar-refractivity contribution in [1.82, 2.24) is 5.32 Å². The second-order valence-electron chi connectivity index (χ2n) is 6.83. The summed E-state index contributed by atoms with van der Waals surface area (Å²) in [5.41, 5.74) is 1.63. The first-order valence-corrected chi connectivity index (χ1v) is 10.4. The van der Waals surface area contributed by atoms with E-state index in [1.54, 1.807) is 24.3 Å². The molecular formula is C20H22N2O5S. The Balaban J connectivity index is 1.63. The first-order valence-electron chi connectivity index (χ1n) is 8.95. The van der Waals surface area contributed by atoms with Crippen LogP contribution in [0.5, 0.6) is 0 Å². The van der Waals surface area contributed by atoms with Crippen LogP contribution in [0.1, 0.15) is 35.7 Å². The number of sulfonamides is 1. The summed E-state index contributed by atoms with van der Waals surface area (Å²) in [5.74, 6) is -1.02. The molecule has 28 heavy (non-hydrogen) atoms. The van der Waals surface area contributed by atoms with Gasteiger partial charge >= 0.3 is 5.97 Å². The Morgan fingerprint density at radius 3 is 2.21 bits per heavy atom. The summed E-state index contributed by atoms with van der Waals surface area (Å²) < 4.78 is 32.6. The lowest BCUT2D eigenvalue weighted by Gasteiger charge is -2.13. The number of aryl methyl sites for hydroxylation is 1. The fourth-order valence-corrected chi connectivity index (χ4v) is 3.49. The van der Waals surface area contributed by atoms with Gasteiger partial charge in [-0.05, 0) is 63.1 Å². The van der Waals surface area contributed by atoms with Crippen molar-refractivity contribution in [3.05, 3.63) is 59.7 Å². The lowest BCUT2D eigenvalue weighted by atomic mass is 10.2. The smallest absolute Gasteiger partial charge is 0.338 e. The second kappa shape index (κ2) is 8.02. The van der Waals surface area contributed by atoms with E-state index in [0.717, 1.165) is 18.4 Å². The zero-order chi connectivity index (χ0) is 20.3. The SMILES string of the molecule is Cc1ccc(NS(=O)(=O)c2ccc(C(=O)O[C@@H](C)C(=O)NC3CC3)cc2)cc1. The molecule has 1 atom stereocenters. The molecule has 0 saturated heterocycles. The van der Waals surface area contributed by atoms with Crippen molar-refractivity contribution in [2.75, 3.05) is 4.72 Å². The third-order valence-electron chi connectivity index (χ3n) is 4.28. The predicted molar refractivity (Wildman–Crippen MR) is 104 cm³/mol. The first kappa shape index (κ1) is 19.9. The van der Waals surface area contributed by atoms with Crippen LogP contribution in [0.25, 0.3) is 0 Å². The summed E-state index contributed by atoms with van der Waals surface area (Å²) >= 11 is 0. The zero-order valence-corrected chi connectivity index (χ0v) is 16.5. The molecule has 0 aromatic heterocycles. The average Bonchev–Trinajstić information content (AvgIpc) is 3.47. The molecule has 3 rings (SSSR count). The van der Waals surface area contributed by atoms with Crippen LogP contribution >= 0.6 is 0 Å². The highest BCUT2D eigenvalue weighted by atomic mass is 32.2. The molecule has 2 N–H and O–H groups in total. The topological polar surface area (TPSA) is 102 Å². The molecule has 1 aliphatic carbocycles. The Bertz CT molecular complexity index is 965. The molecule has 1 amide bonds. The Hall–Kier alpha value is -2.87. The number of rotatable bonds is 7. The van der Waals surface area contributed by atoms with E-state index in [0.29, 0.717) is 5.69 Å². The first-order chi connectivity index (χ1) is 13.2. The van der Waals surface area contributed by atoms with Crippen molar-refractivity contribution < 1.29 is 22.7 Å². The Morgan fingerprint density at radius 1 is 1.04 bits per heavy atom. The van der Waals surface area contributed by atoms with Crippen molar-refractivity contribution in [3.8, 4) is 0 Å². The third kappa shape index (κ3) is 5.10. The van der Waals surface area contributed by atoms with Crippen LogP contribution in [-0.2, 0) is 19.6 Å². The van der Waals surface area contributed by atoms with Crippen LogP contribution in [0.15, 0.2) is 53.4 Å². The molecule has 1 fully saturated rings. The molecule has 0 aliphatic heterocycles. The summed E-state index contributed by atoms with van der Waals surface area (Å²) in [6, 6.07) is 12.5. The molecule has 0 spiro atoms. The van der Waals surface area contributed by atoms with Gasteiger partial charge in [0.1, 0.15) is 0 Å². The average molecular weight is 402 g/mol. The number of carbonyl (C=O) groups excluding carboxylic acids is 2. The summed E-state index contributed by atoms with van der Waals surface area (Å²) in [7, 11) is -3.78. The second-order valence-corrected chi connectivity index (χ2v) is 8.51. The molecule has 1 saturated carbocycles. The quantitative estimate of drug-likeness (QED) is 0.693. The number of nitrogens with one attached hydrogen (secondary N) is 2. The summed E-state index contributed by atoms with van der Waals surface area (Å²) in [4.78, 5) is 24.1. The van der Waals surface area contributed by atoms with Gasteiger partial charge in [-0.15, -0.1) is 0 Å². The molecule has 7 nitrogen and oxygen atoms in total. The number of amides is 1. The molecule has 0 bridgehead atoms. The standard InChI is InChI=1S/C20H22N2O5S/c1-13-3-7-17(8-4-13)22-28(25,26)18-11-5-15(6-12-18)20(24)27-14(2)19(23)21-16-9-10-16/h3-8,11-12,14,16,22H,9-10H2,1-2H3,(H,21,23)/t14-/m0/s1. The fourth-order valence-electron chi connectivity index (χ4n) is 2.43. The van der Waals surface area contributed by atoms with Crippen molar-refractivity contribution in [2.45, 2.75) is 43.7 Å². The van der Waals surface area contributed by atoms with Gasteiger partial charge in [-0.1, -0.05) is 17.7 Å². The van der Waals surface area contributed by atoms with Gasteiger partial charge in [-0.25, -0.2) is 13.2 Å². The van der Waals surface area contributed by atoms with Gasteiger partial charge in [0.2, 0.25) is 0 Å². The van der Waals surface area contributed by atoms with Crippen molar-refractivity contribution in [2.24, 2.45) is 0 Å². The number of anilines is 1. The van der Waals surface area contributed by atoms with Crippen molar-refractivity contribution >= 4 is 27.6 Å². The Kier molecular flexibility index (Phi) is 5.69. The largest absolute Gasteiger partial charge is 0.449 e. The normalized spacial score (nSPS) is 14.8. The predicted octanol–water partition coefficient (Wildman–Crippen LogP) is 2.62. The number of carbonyl (C=O) groups is 2. The van der Waals surface area contributed by atoms with E-state index in [-0.39, 0.29) is 22.4 Å². The van der Waals surface area contributed by atoms with Crippen molar-refractivity contribution in [3.63, 3.8) is 0 Å². The Morgan fingerprint density at radius 2 is 1.64 bits per heavy atom. The molecule has 0 unspecified atom stereocenters. The lowest BCUT2D eigenvalue weighted by molar-refractivity contribution is -0.129. The minimum absolute atomic E-state index is 0.0177. The highest BCUT2D eigenvalue weighted by molar-refractivity contribution is 7.92. The monoisotopic (exact) mass is 402 g/mol. The van der Waals surface area contributed by atoms with Gasteiger partial charge in [0.05, 0.1) is 10.5 Å². The molecule has 8 heteroatoms. The van der Waals surface area contributed by atoms with Gasteiger partial charge < -0.3 is 10.1 Å². The third-order valence-corrected chi connectivity index (χ3v) is 5.68. The number of benzene rings is 2. The summed E-state index contributed by atoms with van der Waals surface area (Å²) in [6.45, 7) is 3.41. The molecular weight excluding hydrogens is 380 g/mol. The fraction of sp³-hybridized carbons (Fsp3) is 0.300. The maximum absolute atomic E-state index is 12.5. The van der Waals surface area contributed by atoms with E-state index in [4.69, 9.17) is 4.74 Å². The van der Waals surface area contributed by atoms with Crippen molar-refractivity contribution in [1.29, 1.82) is 0 Å². The number of hydrogen-bond donors (Lipinski definition) is 2. The summed E-state index contributed by atoms with van der Waals surface area (Å²) in [6.07, 6.45) is 0.970. The van der Waals surface area contributed by atoms with Crippen LogP contribution in [0.4, 0.5) is 5.69 Å². The zero-order valence-electron chi connectivity index (χ0n) is 15.6. The molecule has 148 valence electrons. The molecule has 2 aromatic carbocycles. The van der Waals surface area contributed by atoms with Gasteiger partial charge in [-0.2, -0.15) is 0 Å². The molecule has 0 radical (unpaired) electrons. The number of esters is 1. The van der Waals surface area contributed by atoms with E-state index in [1.807, 2.05) is 6.92 Å². The molecule has 2 aromatic rings. The maximum Gasteiger partial charge on any atom is 0.338 e.